The maximum absolute atomic E-state index is 13.3. The van der Waals surface area contributed by atoms with E-state index in [1.165, 1.54) is 22.6 Å². The molecule has 0 bridgehead atoms. The first-order valence-electron chi connectivity index (χ1n) is 12.7. The van der Waals surface area contributed by atoms with Gasteiger partial charge in [0.05, 0.1) is 25.3 Å². The summed E-state index contributed by atoms with van der Waals surface area (Å²) in [5, 5.41) is 4.00. The topological polar surface area (TPSA) is 68.0 Å². The van der Waals surface area contributed by atoms with Crippen molar-refractivity contribution < 1.29 is 18.8 Å². The molecule has 1 unspecified atom stereocenters. The number of ether oxygens (including phenoxy) is 2. The second kappa shape index (κ2) is 10.6. The number of carbonyl (C=O) groups is 1. The molecule has 2 aromatic heterocycles. The van der Waals surface area contributed by atoms with Gasteiger partial charge >= 0.3 is 0 Å². The highest BCUT2D eigenvalue weighted by molar-refractivity contribution is 7.15. The summed E-state index contributed by atoms with van der Waals surface area (Å²) < 4.78 is 18.0. The van der Waals surface area contributed by atoms with Crippen molar-refractivity contribution in [2.24, 2.45) is 5.92 Å². The Kier molecular flexibility index (Phi) is 7.34. The van der Waals surface area contributed by atoms with Gasteiger partial charge in [-0.2, -0.15) is 0 Å². The zero-order valence-electron chi connectivity index (χ0n) is 21.6. The number of piperidine rings is 1. The molecule has 0 radical (unpaired) electrons. The molecule has 0 saturated carbocycles. The summed E-state index contributed by atoms with van der Waals surface area (Å²) in [5.41, 5.74) is 3.73. The van der Waals surface area contributed by atoms with E-state index in [4.69, 9.17) is 14.0 Å². The van der Waals surface area contributed by atoms with E-state index in [0.29, 0.717) is 38.0 Å². The summed E-state index contributed by atoms with van der Waals surface area (Å²) in [5.74, 6) is 2.80. The van der Waals surface area contributed by atoms with Crippen LogP contribution in [0.1, 0.15) is 40.3 Å². The van der Waals surface area contributed by atoms with Gasteiger partial charge in [0.15, 0.2) is 11.5 Å². The lowest BCUT2D eigenvalue weighted by Crippen LogP contribution is -2.34. The van der Waals surface area contributed by atoms with E-state index in [2.05, 4.69) is 48.3 Å². The monoisotopic (exact) mass is 509 g/mol. The predicted octanol–water partition coefficient (Wildman–Crippen LogP) is 5.01. The number of carbonyl (C=O) groups excluding carboxylic acids is 1. The molecule has 36 heavy (non-hydrogen) atoms. The Labute approximate surface area is 217 Å². The summed E-state index contributed by atoms with van der Waals surface area (Å²) in [7, 11) is 2.18. The molecule has 4 heterocycles. The Bertz CT molecular complexity index is 1210. The first kappa shape index (κ1) is 24.8. The molecule has 1 aromatic carbocycles. The summed E-state index contributed by atoms with van der Waals surface area (Å²) in [4.78, 5) is 20.0. The first-order valence-corrected chi connectivity index (χ1v) is 13.6. The Morgan fingerprint density at radius 2 is 2.08 bits per heavy atom. The van der Waals surface area contributed by atoms with Crippen LogP contribution in [0.15, 0.2) is 28.8 Å². The van der Waals surface area contributed by atoms with Crippen molar-refractivity contribution >= 4 is 17.2 Å². The Morgan fingerprint density at radius 3 is 2.81 bits per heavy atom. The van der Waals surface area contributed by atoms with Crippen molar-refractivity contribution in [1.29, 1.82) is 0 Å². The van der Waals surface area contributed by atoms with Crippen LogP contribution in [-0.4, -0.2) is 60.8 Å². The number of hydrogen-bond acceptors (Lipinski definition) is 7. The molecule has 0 N–H and O–H groups in total. The van der Waals surface area contributed by atoms with Gasteiger partial charge in [0.2, 0.25) is 5.91 Å². The average molecular weight is 510 g/mol. The van der Waals surface area contributed by atoms with Crippen LogP contribution in [0.4, 0.5) is 0 Å². The van der Waals surface area contributed by atoms with Crippen LogP contribution < -0.4 is 9.47 Å². The van der Waals surface area contributed by atoms with E-state index < -0.39 is 0 Å². The van der Waals surface area contributed by atoms with Gasteiger partial charge < -0.3 is 23.8 Å². The lowest BCUT2D eigenvalue weighted by molar-refractivity contribution is -0.131. The van der Waals surface area contributed by atoms with E-state index in [1.54, 1.807) is 11.3 Å². The third-order valence-electron chi connectivity index (χ3n) is 7.18. The number of aryl methyl sites for hydroxylation is 3. The number of hydrogen-bond donors (Lipinski definition) is 0. The maximum atomic E-state index is 13.3. The van der Waals surface area contributed by atoms with Crippen LogP contribution >= 0.6 is 11.3 Å². The van der Waals surface area contributed by atoms with E-state index >= 15 is 0 Å². The number of thiophene rings is 1. The van der Waals surface area contributed by atoms with E-state index in [0.717, 1.165) is 47.0 Å². The van der Waals surface area contributed by atoms with Crippen LogP contribution in [0, 0.1) is 26.7 Å². The molecule has 1 fully saturated rings. The van der Waals surface area contributed by atoms with Crippen molar-refractivity contribution in [2.45, 2.75) is 46.6 Å². The summed E-state index contributed by atoms with van der Waals surface area (Å²) in [6.45, 7) is 10.2. The quantitative estimate of drug-likeness (QED) is 0.465. The molecule has 1 atom stereocenters. The molecule has 7 nitrogen and oxygen atoms in total. The van der Waals surface area contributed by atoms with Crippen molar-refractivity contribution in [2.75, 3.05) is 39.9 Å². The van der Waals surface area contributed by atoms with Crippen LogP contribution in [-0.2, 0) is 17.8 Å². The molecule has 1 saturated heterocycles. The molecular weight excluding hydrogens is 474 g/mol. The molecule has 1 amide bonds. The van der Waals surface area contributed by atoms with Crippen LogP contribution in [0.25, 0.3) is 10.4 Å². The van der Waals surface area contributed by atoms with Gasteiger partial charge in [0.25, 0.3) is 0 Å². The van der Waals surface area contributed by atoms with Crippen molar-refractivity contribution in [3.63, 3.8) is 0 Å². The number of amides is 1. The van der Waals surface area contributed by atoms with Gasteiger partial charge in [-0.15, -0.1) is 11.3 Å². The molecule has 8 heteroatoms. The van der Waals surface area contributed by atoms with Crippen LogP contribution in [0.3, 0.4) is 0 Å². The zero-order chi connectivity index (χ0) is 25.2. The highest BCUT2D eigenvalue weighted by Crippen LogP contribution is 2.40. The largest absolute Gasteiger partial charge is 0.489 e. The lowest BCUT2D eigenvalue weighted by atomic mass is 9.99. The van der Waals surface area contributed by atoms with E-state index in [1.807, 2.05) is 18.7 Å². The molecule has 2 aliphatic heterocycles. The minimum atomic E-state index is 0.0472. The molecule has 0 aliphatic carbocycles. The predicted molar refractivity (Wildman–Crippen MR) is 141 cm³/mol. The first-order chi connectivity index (χ1) is 17.4. The van der Waals surface area contributed by atoms with Gasteiger partial charge in [-0.05, 0) is 77.0 Å². The van der Waals surface area contributed by atoms with Crippen LogP contribution in [0.2, 0.25) is 0 Å². The molecule has 0 spiro atoms. The van der Waals surface area contributed by atoms with Crippen molar-refractivity contribution in [3.8, 4) is 21.9 Å². The van der Waals surface area contributed by atoms with Gasteiger partial charge in [-0.3, -0.25) is 4.79 Å². The third kappa shape index (κ3) is 5.44. The van der Waals surface area contributed by atoms with E-state index in [-0.39, 0.29) is 12.3 Å². The molecule has 3 aromatic rings. The highest BCUT2D eigenvalue weighted by Gasteiger charge is 2.26. The number of nitrogens with zero attached hydrogens (tertiary/aromatic N) is 3. The average Bonchev–Trinajstić information content (AvgIpc) is 3.34. The minimum absolute atomic E-state index is 0.0472. The fraction of sp³-hybridized carbons (Fsp3) is 0.500. The fourth-order valence-electron chi connectivity index (χ4n) is 5.17. The SMILES string of the molecule is Cc1ccc(-c2cc3c(c(OCC4CCCN(C)C4)c2)OCCN(C(=O)Cc2c(C)noc2C)C3)s1. The van der Waals surface area contributed by atoms with Gasteiger partial charge in [-0.25, -0.2) is 0 Å². The standard InChI is InChI=1S/C28H35N3O4S/c1-18-7-8-26(36-18)22-12-23-16-31(27(32)14-24-19(2)29-35-20(24)3)10-11-33-28(23)25(13-22)34-17-21-6-5-9-30(4)15-21/h7-8,12-13,21H,5-6,9-11,14-17H2,1-4H3. The smallest absolute Gasteiger partial charge is 0.227 e. The van der Waals surface area contributed by atoms with E-state index in [9.17, 15) is 4.79 Å². The maximum Gasteiger partial charge on any atom is 0.227 e. The number of aromatic nitrogens is 1. The summed E-state index contributed by atoms with van der Waals surface area (Å²) in [6, 6.07) is 8.56. The van der Waals surface area contributed by atoms with Gasteiger partial charge in [0.1, 0.15) is 12.4 Å². The van der Waals surface area contributed by atoms with Crippen molar-refractivity contribution in [1.82, 2.24) is 15.0 Å². The zero-order valence-corrected chi connectivity index (χ0v) is 22.5. The summed E-state index contributed by atoms with van der Waals surface area (Å²) in [6.07, 6.45) is 2.66. The molecule has 2 aliphatic rings. The Balaban J connectivity index is 1.42. The van der Waals surface area contributed by atoms with Crippen LogP contribution in [0.5, 0.6) is 11.5 Å². The lowest BCUT2D eigenvalue weighted by Gasteiger charge is -2.29. The molecule has 192 valence electrons. The van der Waals surface area contributed by atoms with Gasteiger partial charge in [-0.1, -0.05) is 5.16 Å². The van der Waals surface area contributed by atoms with Crippen molar-refractivity contribution in [3.05, 3.63) is 51.7 Å². The minimum Gasteiger partial charge on any atom is -0.489 e. The van der Waals surface area contributed by atoms with Gasteiger partial charge in [0, 0.05) is 39.9 Å². The highest BCUT2D eigenvalue weighted by atomic mass is 32.1. The summed E-state index contributed by atoms with van der Waals surface area (Å²) >= 11 is 1.76. The second-order valence-electron chi connectivity index (χ2n) is 10.1. The Morgan fingerprint density at radius 1 is 1.22 bits per heavy atom. The number of fused-ring (bicyclic) bond motifs is 1. The molecule has 5 rings (SSSR count). The number of benzene rings is 1. The second-order valence-corrected chi connectivity index (χ2v) is 11.4. The number of likely N-dealkylation sites (tertiary alicyclic amines) is 1. The third-order valence-corrected chi connectivity index (χ3v) is 8.23. The molecular formula is C28H35N3O4S. The Hall–Kier alpha value is -2.84. The fourth-order valence-corrected chi connectivity index (χ4v) is 6.02. The normalized spacial score (nSPS) is 18.4. The number of rotatable bonds is 6.